The largest absolute Gasteiger partial charge is 0.356 e. The average molecular weight is 1260 g/mol. The van der Waals surface area contributed by atoms with E-state index in [2.05, 4.69) is 63.1 Å². The highest BCUT2D eigenvalue weighted by molar-refractivity contribution is 6.10. The van der Waals surface area contributed by atoms with Crippen LogP contribution in [0.3, 0.4) is 0 Å². The molecular formula is C61H77N21O10. The molecule has 8 rings (SSSR count). The van der Waals surface area contributed by atoms with Gasteiger partial charge in [-0.2, -0.15) is 0 Å². The fourth-order valence-electron chi connectivity index (χ4n) is 10.0. The molecule has 486 valence electrons. The first-order chi connectivity index (χ1) is 43.8. The summed E-state index contributed by atoms with van der Waals surface area (Å²) in [4.78, 5) is 138. The first kappa shape index (κ1) is 66.7. The van der Waals surface area contributed by atoms with E-state index in [1.807, 2.05) is 7.05 Å². The van der Waals surface area contributed by atoms with E-state index in [0.29, 0.717) is 52.9 Å². The number of amides is 10. The number of nitrogens with one attached hydrogen (secondary N) is 10. The predicted octanol–water partition coefficient (Wildman–Crippen LogP) is 3.36. The molecule has 0 unspecified atom stereocenters. The number of carbonyl (C=O) groups excluding carboxylic acids is 10. The van der Waals surface area contributed by atoms with Crippen molar-refractivity contribution in [1.29, 1.82) is 0 Å². The lowest BCUT2D eigenvalue weighted by atomic mass is 10.2. The highest BCUT2D eigenvalue weighted by atomic mass is 16.2. The Balaban J connectivity index is 0.739. The first-order valence-electron chi connectivity index (χ1n) is 29.4. The SMILES string of the molecule is CN(CCCN)CCCNC(=O)CCNC(=O)c1cc(NC(=O)c2cc(NC(=O)c3cc(NC(=O)c4cc(NC(=O)CCCNC(=O)c5cc(NC(=O)c6cc(NC(=O)c7nc(NC(=O)c8cccn8C)cn7C)cn6C)cn5C)cn4C)cn3C)cn2C)cn1C. The highest BCUT2D eigenvalue weighted by Crippen LogP contribution is 2.23. The normalized spacial score (nSPS) is 11.1. The van der Waals surface area contributed by atoms with Gasteiger partial charge < -0.3 is 100 Å². The Morgan fingerprint density at radius 2 is 0.772 bits per heavy atom. The molecule has 8 heterocycles. The standard InChI is InChI=1S/C61H77N21O10/c1-74(21-12-17-62)22-13-19-63-51(83)16-20-65-55(86)45-26-39(32-77(45)4)68-58(89)47-28-41(34-79(47)6)70-59(90)48-27-40(33-80(48)7)69-57(88)46-24-37(30-78(46)5)66-52(84)15-10-18-64-54(85)44-25-38(31-76(44)3)67-60(91)49-29-42(35-81(49)8)71-61(92)53-72-50(36-82(53)9)73-56(87)43-14-11-23-75(43)2/h11,14,23-36H,10,12-13,15-22,62H2,1-9H3,(H,63,83)(H,64,85)(H,65,86)(H,66,84)(H,67,91)(H,68,89)(H,69,88)(H,70,90)(H,71,92)(H,73,87). The second-order valence-electron chi connectivity index (χ2n) is 22.2. The summed E-state index contributed by atoms with van der Waals surface area (Å²) in [5.41, 5.74) is 9.24. The van der Waals surface area contributed by atoms with Gasteiger partial charge in [-0.05, 0) is 94.5 Å². The van der Waals surface area contributed by atoms with E-state index in [4.69, 9.17) is 5.73 Å². The summed E-state index contributed by atoms with van der Waals surface area (Å²) in [6.45, 7) is 3.15. The van der Waals surface area contributed by atoms with E-state index in [1.54, 1.807) is 121 Å². The Bertz CT molecular complexity index is 4080. The van der Waals surface area contributed by atoms with Crippen molar-refractivity contribution in [1.82, 2.24) is 62.4 Å². The maximum Gasteiger partial charge on any atom is 0.291 e. The molecule has 12 N–H and O–H groups in total. The summed E-state index contributed by atoms with van der Waals surface area (Å²) >= 11 is 0. The van der Waals surface area contributed by atoms with Gasteiger partial charge in [0, 0.05) is 138 Å². The highest BCUT2D eigenvalue weighted by Gasteiger charge is 2.24. The van der Waals surface area contributed by atoms with Crippen LogP contribution in [0.1, 0.15) is 116 Å². The van der Waals surface area contributed by atoms with Crippen LogP contribution in [0, 0.1) is 0 Å². The van der Waals surface area contributed by atoms with Crippen molar-refractivity contribution in [3.8, 4) is 0 Å². The molecular weight excluding hydrogens is 1190 g/mol. The number of imidazole rings is 1. The fraction of sp³-hybridized carbons (Fsp3) is 0.328. The molecule has 31 nitrogen and oxygen atoms in total. The molecule has 10 amide bonds. The Labute approximate surface area is 529 Å². The van der Waals surface area contributed by atoms with Crippen LogP contribution >= 0.6 is 0 Å². The first-order valence-corrected chi connectivity index (χ1v) is 29.4. The van der Waals surface area contributed by atoms with Crippen LogP contribution in [-0.4, -0.2) is 152 Å². The third-order valence-corrected chi connectivity index (χ3v) is 14.8. The smallest absolute Gasteiger partial charge is 0.291 e. The van der Waals surface area contributed by atoms with E-state index in [0.717, 1.165) is 25.9 Å². The van der Waals surface area contributed by atoms with Crippen LogP contribution in [0.4, 0.5) is 39.9 Å². The van der Waals surface area contributed by atoms with Crippen molar-refractivity contribution in [2.45, 2.75) is 32.1 Å². The average Bonchev–Trinajstić information content (AvgIpc) is 1.90. The quantitative estimate of drug-likeness (QED) is 0.0300. The molecule has 0 spiro atoms. The predicted molar refractivity (Wildman–Crippen MR) is 345 cm³/mol. The van der Waals surface area contributed by atoms with Crippen molar-refractivity contribution in [2.75, 3.05) is 83.5 Å². The molecule has 0 saturated carbocycles. The molecule has 0 radical (unpaired) electrons. The Morgan fingerprint density at radius 1 is 0.391 bits per heavy atom. The van der Waals surface area contributed by atoms with Crippen molar-refractivity contribution in [3.05, 3.63) is 144 Å². The van der Waals surface area contributed by atoms with Gasteiger partial charge in [0.2, 0.25) is 17.6 Å². The number of carbonyl (C=O) groups is 10. The van der Waals surface area contributed by atoms with Crippen LogP contribution in [-0.2, 0) is 66.0 Å². The van der Waals surface area contributed by atoms with Crippen LogP contribution in [0.15, 0.2) is 98.1 Å². The van der Waals surface area contributed by atoms with Gasteiger partial charge in [0.15, 0.2) is 5.82 Å². The summed E-state index contributed by atoms with van der Waals surface area (Å²) in [5, 5.41) is 27.7. The molecule has 0 bridgehead atoms. The third kappa shape index (κ3) is 17.1. The second kappa shape index (κ2) is 29.9. The number of anilines is 7. The zero-order chi connectivity index (χ0) is 66.5. The number of nitrogens with two attached hydrogens (primary N) is 1. The molecule has 8 aromatic heterocycles. The van der Waals surface area contributed by atoms with Gasteiger partial charge in [0.05, 0.1) is 34.1 Å². The van der Waals surface area contributed by atoms with Crippen LogP contribution < -0.4 is 58.9 Å². The maximum absolute atomic E-state index is 13.5. The zero-order valence-electron chi connectivity index (χ0n) is 52.6. The van der Waals surface area contributed by atoms with Gasteiger partial charge >= 0.3 is 0 Å². The van der Waals surface area contributed by atoms with Crippen LogP contribution in [0.2, 0.25) is 0 Å². The summed E-state index contributed by atoms with van der Waals surface area (Å²) in [6.07, 6.45) is 14.7. The molecule has 0 fully saturated rings. The third-order valence-electron chi connectivity index (χ3n) is 14.8. The minimum absolute atomic E-state index is 0.0161. The minimum atomic E-state index is -0.577. The molecule has 8 aromatic rings. The Hall–Kier alpha value is -11.2. The summed E-state index contributed by atoms with van der Waals surface area (Å²) in [6, 6.07) is 12.4. The van der Waals surface area contributed by atoms with Gasteiger partial charge in [-0.15, -0.1) is 0 Å². The minimum Gasteiger partial charge on any atom is -0.356 e. The molecule has 0 aliphatic rings. The second-order valence-corrected chi connectivity index (χ2v) is 22.2. The number of rotatable bonds is 29. The monoisotopic (exact) mass is 1260 g/mol. The number of nitrogens with zero attached hydrogens (tertiary/aromatic N) is 10. The molecule has 31 heteroatoms. The van der Waals surface area contributed by atoms with E-state index in [-0.39, 0.29) is 90.0 Å². The number of aryl methyl sites for hydroxylation is 8. The van der Waals surface area contributed by atoms with Crippen molar-refractivity contribution in [3.63, 3.8) is 0 Å². The van der Waals surface area contributed by atoms with Gasteiger partial charge in [0.1, 0.15) is 39.9 Å². The molecule has 0 aliphatic carbocycles. The van der Waals surface area contributed by atoms with Gasteiger partial charge in [0.25, 0.3) is 47.3 Å². The number of hydrogen-bond donors (Lipinski definition) is 11. The summed E-state index contributed by atoms with van der Waals surface area (Å²) in [7, 11) is 15.2. The van der Waals surface area contributed by atoms with Crippen LogP contribution in [0.5, 0.6) is 0 Å². The van der Waals surface area contributed by atoms with E-state index >= 15 is 0 Å². The summed E-state index contributed by atoms with van der Waals surface area (Å²) < 4.78 is 12.3. The van der Waals surface area contributed by atoms with Gasteiger partial charge in [-0.25, -0.2) is 4.98 Å². The molecule has 92 heavy (non-hydrogen) atoms. The van der Waals surface area contributed by atoms with Crippen LogP contribution in [0.25, 0.3) is 0 Å². The lowest BCUT2D eigenvalue weighted by Gasteiger charge is -2.15. The number of aromatic nitrogens is 9. The van der Waals surface area contributed by atoms with E-state index in [9.17, 15) is 47.9 Å². The lowest BCUT2D eigenvalue weighted by molar-refractivity contribution is -0.121. The Morgan fingerprint density at radius 3 is 1.20 bits per heavy atom. The lowest BCUT2D eigenvalue weighted by Crippen LogP contribution is -2.33. The topological polar surface area (TPSA) is 373 Å². The molecule has 0 aliphatic heterocycles. The Kier molecular flexibility index (Phi) is 21.7. The van der Waals surface area contributed by atoms with E-state index in [1.165, 1.54) is 70.0 Å². The van der Waals surface area contributed by atoms with Crippen molar-refractivity contribution < 1.29 is 47.9 Å². The number of hydrogen-bond acceptors (Lipinski definition) is 13. The van der Waals surface area contributed by atoms with E-state index < -0.39 is 47.3 Å². The fourth-order valence-corrected chi connectivity index (χ4v) is 10.0. The zero-order valence-corrected chi connectivity index (χ0v) is 52.6. The summed E-state index contributed by atoms with van der Waals surface area (Å²) in [5.74, 6) is -4.25. The van der Waals surface area contributed by atoms with Gasteiger partial charge in [-0.1, -0.05) is 0 Å². The van der Waals surface area contributed by atoms with Crippen molar-refractivity contribution >= 4 is 99.0 Å². The van der Waals surface area contributed by atoms with Crippen molar-refractivity contribution in [2.24, 2.45) is 62.1 Å². The van der Waals surface area contributed by atoms with Gasteiger partial charge in [-0.3, -0.25) is 47.9 Å². The molecule has 0 saturated heterocycles. The molecule has 0 aromatic carbocycles. The maximum atomic E-state index is 13.5. The molecule has 0 atom stereocenters.